The van der Waals surface area contributed by atoms with Gasteiger partial charge < -0.3 is 18.9 Å². The van der Waals surface area contributed by atoms with Gasteiger partial charge in [-0.15, -0.1) is 10.2 Å². The maximum atomic E-state index is 12.8. The van der Waals surface area contributed by atoms with Crippen molar-refractivity contribution < 1.29 is 14.3 Å². The molecule has 9 nitrogen and oxygen atoms in total. The third kappa shape index (κ3) is 4.95. The van der Waals surface area contributed by atoms with Crippen LogP contribution in [0.3, 0.4) is 0 Å². The van der Waals surface area contributed by atoms with Crippen molar-refractivity contribution in [1.29, 1.82) is 5.26 Å². The molecule has 0 radical (unpaired) electrons. The minimum Gasteiger partial charge on any atom is -0.492 e. The number of aromatic nitrogens is 3. The molecule has 176 valence electrons. The molecule has 10 heteroatoms. The molecule has 0 unspecified atom stereocenters. The lowest BCUT2D eigenvalue weighted by molar-refractivity contribution is -0.112. The molecule has 34 heavy (non-hydrogen) atoms. The van der Waals surface area contributed by atoms with Crippen molar-refractivity contribution in [2.75, 3.05) is 43.1 Å². The average Bonchev–Trinajstić information content (AvgIpc) is 3.42. The molecule has 1 saturated heterocycles. The van der Waals surface area contributed by atoms with Crippen molar-refractivity contribution in [3.63, 3.8) is 0 Å². The minimum absolute atomic E-state index is 0.0125. The number of nitrogens with one attached hydrogen (secondary N) is 1. The molecule has 0 spiro atoms. The van der Waals surface area contributed by atoms with E-state index in [2.05, 4.69) is 25.0 Å². The standard InChI is InChI=1S/C24H26N6O3S/c1-4-33-21-8-6-5-7-20(21)30-16(2)13-18(17(30)3)14-19(15-25)22(31)26-23-27-28-24(34-23)29-9-11-32-12-10-29/h5-8,13-14H,4,9-12H2,1-3H3,(H,26,27,31)/b19-14-. The number of ether oxygens (including phenoxy) is 2. The van der Waals surface area contributed by atoms with E-state index in [4.69, 9.17) is 9.47 Å². The van der Waals surface area contributed by atoms with Crippen LogP contribution in [0.4, 0.5) is 10.3 Å². The van der Waals surface area contributed by atoms with Gasteiger partial charge in [0, 0.05) is 24.5 Å². The summed E-state index contributed by atoms with van der Waals surface area (Å²) in [5.74, 6) is 0.250. The van der Waals surface area contributed by atoms with Gasteiger partial charge in [-0.05, 0) is 50.6 Å². The number of morpholine rings is 1. The molecule has 1 aliphatic rings. The summed E-state index contributed by atoms with van der Waals surface area (Å²) in [5, 5.41) is 21.7. The Balaban J connectivity index is 1.56. The van der Waals surface area contributed by atoms with Gasteiger partial charge in [0.1, 0.15) is 17.4 Å². The van der Waals surface area contributed by atoms with E-state index in [1.54, 1.807) is 6.08 Å². The summed E-state index contributed by atoms with van der Waals surface area (Å²) in [6.45, 7) is 9.16. The lowest BCUT2D eigenvalue weighted by atomic mass is 10.1. The van der Waals surface area contributed by atoms with E-state index < -0.39 is 5.91 Å². The number of nitriles is 1. The Bertz CT molecular complexity index is 1250. The molecule has 0 aliphatic carbocycles. The first-order valence-electron chi connectivity index (χ1n) is 11.0. The van der Waals surface area contributed by atoms with Crippen molar-refractivity contribution in [3.05, 3.63) is 52.9 Å². The maximum absolute atomic E-state index is 12.8. The van der Waals surface area contributed by atoms with Crippen molar-refractivity contribution in [1.82, 2.24) is 14.8 Å². The van der Waals surface area contributed by atoms with Gasteiger partial charge in [-0.3, -0.25) is 10.1 Å². The van der Waals surface area contributed by atoms with E-state index >= 15 is 0 Å². The fraction of sp³-hybridized carbons (Fsp3) is 0.333. The normalized spacial score (nSPS) is 14.1. The Morgan fingerprint density at radius 2 is 2.06 bits per heavy atom. The second-order valence-electron chi connectivity index (χ2n) is 7.68. The SMILES string of the molecule is CCOc1ccccc1-n1c(C)cc(/C=C(/C#N)C(=O)Nc2nnc(N3CCOCC3)s2)c1C. The Hall–Kier alpha value is -3.68. The first-order valence-corrected chi connectivity index (χ1v) is 11.8. The van der Waals surface area contributed by atoms with Crippen molar-refractivity contribution >= 4 is 33.6 Å². The number of nitrogens with zero attached hydrogens (tertiary/aromatic N) is 5. The fourth-order valence-electron chi connectivity index (χ4n) is 3.84. The van der Waals surface area contributed by atoms with Gasteiger partial charge in [-0.25, -0.2) is 0 Å². The van der Waals surface area contributed by atoms with Gasteiger partial charge in [-0.2, -0.15) is 5.26 Å². The number of carbonyl (C=O) groups is 1. The molecule has 3 aromatic rings. The Labute approximate surface area is 202 Å². The number of rotatable bonds is 7. The van der Waals surface area contributed by atoms with Gasteiger partial charge in [-0.1, -0.05) is 23.5 Å². The largest absolute Gasteiger partial charge is 0.492 e. The number of aryl methyl sites for hydroxylation is 1. The van der Waals surface area contributed by atoms with Crippen LogP contribution in [-0.2, 0) is 9.53 Å². The number of benzene rings is 1. The second kappa shape index (κ2) is 10.5. The zero-order valence-corrected chi connectivity index (χ0v) is 20.2. The molecule has 0 bridgehead atoms. The van der Waals surface area contributed by atoms with E-state index in [0.717, 1.165) is 46.6 Å². The molecular formula is C24H26N6O3S. The lowest BCUT2D eigenvalue weighted by Crippen LogP contribution is -2.36. The first-order chi connectivity index (χ1) is 16.5. The van der Waals surface area contributed by atoms with Crippen molar-refractivity contribution in [2.45, 2.75) is 20.8 Å². The Morgan fingerprint density at radius 3 is 2.79 bits per heavy atom. The van der Waals surface area contributed by atoms with Crippen LogP contribution in [0, 0.1) is 25.2 Å². The van der Waals surface area contributed by atoms with Crippen LogP contribution in [0.5, 0.6) is 5.75 Å². The molecular weight excluding hydrogens is 452 g/mol. The number of para-hydroxylation sites is 2. The highest BCUT2D eigenvalue weighted by Gasteiger charge is 2.19. The predicted octanol–water partition coefficient (Wildman–Crippen LogP) is 3.73. The molecule has 0 atom stereocenters. The van der Waals surface area contributed by atoms with Crippen LogP contribution in [0.1, 0.15) is 23.9 Å². The number of amides is 1. The molecule has 1 aromatic carbocycles. The summed E-state index contributed by atoms with van der Waals surface area (Å²) < 4.78 is 13.2. The third-order valence-corrected chi connectivity index (χ3v) is 6.36. The van der Waals surface area contributed by atoms with Crippen molar-refractivity contribution in [2.24, 2.45) is 0 Å². The number of hydrogen-bond acceptors (Lipinski definition) is 8. The quantitative estimate of drug-likeness (QED) is 0.407. The van der Waals surface area contributed by atoms with Crippen LogP contribution in [0.2, 0.25) is 0 Å². The third-order valence-electron chi connectivity index (χ3n) is 5.46. The predicted molar refractivity (Wildman–Crippen MR) is 132 cm³/mol. The van der Waals surface area contributed by atoms with Gasteiger partial charge in [0.2, 0.25) is 10.3 Å². The number of hydrogen-bond donors (Lipinski definition) is 1. The molecule has 1 fully saturated rings. The number of anilines is 2. The van der Waals surface area contributed by atoms with Gasteiger partial charge in [0.15, 0.2) is 0 Å². The van der Waals surface area contributed by atoms with Crippen LogP contribution in [0.25, 0.3) is 11.8 Å². The fourth-order valence-corrected chi connectivity index (χ4v) is 4.63. The summed E-state index contributed by atoms with van der Waals surface area (Å²) in [5.41, 5.74) is 3.54. The molecule has 4 rings (SSSR count). The molecule has 3 heterocycles. The average molecular weight is 479 g/mol. The first kappa shape index (κ1) is 23.5. The molecule has 1 aliphatic heterocycles. The van der Waals surface area contributed by atoms with E-state index in [1.807, 2.05) is 57.2 Å². The van der Waals surface area contributed by atoms with Gasteiger partial charge in [0.25, 0.3) is 5.91 Å². The summed E-state index contributed by atoms with van der Waals surface area (Å²) >= 11 is 1.28. The monoisotopic (exact) mass is 478 g/mol. The molecule has 1 N–H and O–H groups in total. The summed E-state index contributed by atoms with van der Waals surface area (Å²) in [4.78, 5) is 14.9. The zero-order valence-electron chi connectivity index (χ0n) is 19.4. The summed E-state index contributed by atoms with van der Waals surface area (Å²) in [6.07, 6.45) is 1.60. The van der Waals surface area contributed by atoms with Crippen LogP contribution < -0.4 is 15.0 Å². The Morgan fingerprint density at radius 1 is 1.29 bits per heavy atom. The molecule has 1 amide bonds. The summed E-state index contributed by atoms with van der Waals surface area (Å²) in [7, 11) is 0. The Kier molecular flexibility index (Phi) is 7.25. The lowest BCUT2D eigenvalue weighted by Gasteiger charge is -2.25. The smallest absolute Gasteiger partial charge is 0.268 e. The molecule has 2 aromatic heterocycles. The van der Waals surface area contributed by atoms with E-state index in [0.29, 0.717) is 25.0 Å². The van der Waals surface area contributed by atoms with Crippen LogP contribution in [-0.4, -0.2) is 53.6 Å². The van der Waals surface area contributed by atoms with E-state index in [9.17, 15) is 10.1 Å². The molecule has 0 saturated carbocycles. The van der Waals surface area contributed by atoms with E-state index in [-0.39, 0.29) is 5.57 Å². The minimum atomic E-state index is -0.522. The highest BCUT2D eigenvalue weighted by Crippen LogP contribution is 2.29. The highest BCUT2D eigenvalue weighted by molar-refractivity contribution is 7.19. The zero-order chi connectivity index (χ0) is 24.1. The van der Waals surface area contributed by atoms with Crippen LogP contribution >= 0.6 is 11.3 Å². The topological polar surface area (TPSA) is 105 Å². The van der Waals surface area contributed by atoms with Crippen LogP contribution in [0.15, 0.2) is 35.9 Å². The van der Waals surface area contributed by atoms with Gasteiger partial charge in [0.05, 0.1) is 25.5 Å². The maximum Gasteiger partial charge on any atom is 0.268 e. The van der Waals surface area contributed by atoms with Gasteiger partial charge >= 0.3 is 0 Å². The second-order valence-corrected chi connectivity index (χ2v) is 8.63. The number of carbonyl (C=O) groups excluding carboxylic acids is 1. The summed E-state index contributed by atoms with van der Waals surface area (Å²) in [6, 6.07) is 11.8. The van der Waals surface area contributed by atoms with Crippen molar-refractivity contribution in [3.8, 4) is 17.5 Å². The van der Waals surface area contributed by atoms with E-state index in [1.165, 1.54) is 11.3 Å². The highest BCUT2D eigenvalue weighted by atomic mass is 32.1.